The summed E-state index contributed by atoms with van der Waals surface area (Å²) in [4.78, 5) is 13.4. The van der Waals surface area contributed by atoms with Crippen LogP contribution in [-0.4, -0.2) is 48.3 Å². The van der Waals surface area contributed by atoms with Crippen molar-refractivity contribution in [3.05, 3.63) is 12.2 Å². The van der Waals surface area contributed by atoms with Gasteiger partial charge in [0.25, 0.3) is 0 Å². The first-order valence-electron chi connectivity index (χ1n) is 6.30. The smallest absolute Gasteiger partial charge is 0.333 e. The number of nitrogens with zero attached hydrogens (tertiary/aromatic N) is 1. The molecule has 0 aromatic carbocycles. The highest BCUT2D eigenvalue weighted by atomic mass is 16.5. The molecule has 0 aliphatic heterocycles. The van der Waals surface area contributed by atoms with Crippen molar-refractivity contribution in [1.29, 1.82) is 0 Å². The second-order valence-electron chi connectivity index (χ2n) is 4.10. The number of hydrogen-bond donors (Lipinski definition) is 1. The molecule has 0 saturated carbocycles. The van der Waals surface area contributed by atoms with E-state index in [-0.39, 0.29) is 6.61 Å². The highest BCUT2D eigenvalue weighted by Gasteiger charge is 2.13. The third-order valence-electron chi connectivity index (χ3n) is 2.58. The number of rotatable bonds is 9. The number of carbonyl (C=O) groups excluding carboxylic acids is 1. The Balaban J connectivity index is 3.89. The zero-order chi connectivity index (χ0) is 13.3. The SMILES string of the molecule is C=C(CC)C(=O)OCC(O)CN(CC)CCC. The van der Waals surface area contributed by atoms with Crippen LogP contribution in [0.2, 0.25) is 0 Å². The van der Waals surface area contributed by atoms with Gasteiger partial charge in [-0.3, -0.25) is 0 Å². The molecule has 0 aliphatic rings. The lowest BCUT2D eigenvalue weighted by Gasteiger charge is -2.22. The first-order valence-corrected chi connectivity index (χ1v) is 6.30. The van der Waals surface area contributed by atoms with E-state index in [0.717, 1.165) is 19.5 Å². The summed E-state index contributed by atoms with van der Waals surface area (Å²) >= 11 is 0. The normalized spacial score (nSPS) is 12.5. The Hall–Kier alpha value is -0.870. The molecule has 0 aliphatic carbocycles. The van der Waals surface area contributed by atoms with Crippen LogP contribution in [0.5, 0.6) is 0 Å². The van der Waals surface area contributed by atoms with Gasteiger partial charge in [0.2, 0.25) is 0 Å². The molecule has 1 atom stereocenters. The Labute approximate surface area is 104 Å². The van der Waals surface area contributed by atoms with E-state index in [9.17, 15) is 9.90 Å². The van der Waals surface area contributed by atoms with Crippen LogP contribution in [0.4, 0.5) is 0 Å². The van der Waals surface area contributed by atoms with Crippen LogP contribution >= 0.6 is 0 Å². The van der Waals surface area contributed by atoms with Gasteiger partial charge in [-0.1, -0.05) is 27.4 Å². The summed E-state index contributed by atoms with van der Waals surface area (Å²) in [5, 5.41) is 9.73. The molecule has 0 rings (SSSR count). The predicted molar refractivity (Wildman–Crippen MR) is 68.8 cm³/mol. The molecular formula is C13H25NO3. The van der Waals surface area contributed by atoms with Gasteiger partial charge in [0.1, 0.15) is 12.7 Å². The predicted octanol–water partition coefficient (Wildman–Crippen LogP) is 1.59. The number of aliphatic hydroxyl groups excluding tert-OH is 1. The summed E-state index contributed by atoms with van der Waals surface area (Å²) in [5.74, 6) is -0.412. The van der Waals surface area contributed by atoms with Crippen LogP contribution < -0.4 is 0 Å². The Morgan fingerprint density at radius 2 is 2.06 bits per heavy atom. The summed E-state index contributed by atoms with van der Waals surface area (Å²) in [6.07, 6.45) is 0.994. The third-order valence-corrected chi connectivity index (χ3v) is 2.58. The molecule has 1 unspecified atom stereocenters. The zero-order valence-corrected chi connectivity index (χ0v) is 11.2. The highest BCUT2D eigenvalue weighted by Crippen LogP contribution is 2.01. The van der Waals surface area contributed by atoms with E-state index in [2.05, 4.69) is 18.4 Å². The van der Waals surface area contributed by atoms with Crippen molar-refractivity contribution < 1.29 is 14.6 Å². The van der Waals surface area contributed by atoms with Crippen molar-refractivity contribution in [3.8, 4) is 0 Å². The van der Waals surface area contributed by atoms with Gasteiger partial charge in [0, 0.05) is 12.1 Å². The van der Waals surface area contributed by atoms with Crippen molar-refractivity contribution in [2.75, 3.05) is 26.2 Å². The zero-order valence-electron chi connectivity index (χ0n) is 11.2. The van der Waals surface area contributed by atoms with Crippen LogP contribution in [0.15, 0.2) is 12.2 Å². The van der Waals surface area contributed by atoms with Crippen LogP contribution in [0, 0.1) is 0 Å². The highest BCUT2D eigenvalue weighted by molar-refractivity contribution is 5.87. The number of hydrogen-bond acceptors (Lipinski definition) is 4. The van der Waals surface area contributed by atoms with E-state index in [1.165, 1.54) is 0 Å². The summed E-state index contributed by atoms with van der Waals surface area (Å²) < 4.78 is 4.96. The minimum absolute atomic E-state index is 0.0397. The second kappa shape index (κ2) is 9.19. The van der Waals surface area contributed by atoms with Crippen molar-refractivity contribution in [1.82, 2.24) is 4.90 Å². The molecule has 0 amide bonds. The van der Waals surface area contributed by atoms with E-state index < -0.39 is 12.1 Å². The van der Waals surface area contributed by atoms with Gasteiger partial charge in [0.05, 0.1) is 0 Å². The lowest BCUT2D eigenvalue weighted by molar-refractivity contribution is -0.142. The van der Waals surface area contributed by atoms with E-state index >= 15 is 0 Å². The fraction of sp³-hybridized carbons (Fsp3) is 0.769. The van der Waals surface area contributed by atoms with Gasteiger partial charge in [0.15, 0.2) is 0 Å². The number of esters is 1. The molecule has 0 bridgehead atoms. The number of likely N-dealkylation sites (N-methyl/N-ethyl adjacent to an activating group) is 1. The summed E-state index contributed by atoms with van der Waals surface area (Å²) in [6.45, 7) is 12.0. The lowest BCUT2D eigenvalue weighted by Crippen LogP contribution is -2.35. The molecule has 0 aromatic rings. The van der Waals surface area contributed by atoms with Crippen molar-refractivity contribution in [2.24, 2.45) is 0 Å². The van der Waals surface area contributed by atoms with E-state index in [1.54, 1.807) is 0 Å². The monoisotopic (exact) mass is 243 g/mol. The van der Waals surface area contributed by atoms with Gasteiger partial charge in [-0.2, -0.15) is 0 Å². The first kappa shape index (κ1) is 16.1. The molecule has 100 valence electrons. The van der Waals surface area contributed by atoms with Gasteiger partial charge >= 0.3 is 5.97 Å². The fourth-order valence-corrected chi connectivity index (χ4v) is 1.46. The molecule has 0 aromatic heterocycles. The average molecular weight is 243 g/mol. The summed E-state index contributed by atoms with van der Waals surface area (Å²) in [7, 11) is 0. The van der Waals surface area contributed by atoms with Crippen LogP contribution in [-0.2, 0) is 9.53 Å². The minimum atomic E-state index is -0.630. The summed E-state index contributed by atoms with van der Waals surface area (Å²) in [6, 6.07) is 0. The molecular weight excluding hydrogens is 218 g/mol. The maximum absolute atomic E-state index is 11.3. The second-order valence-corrected chi connectivity index (χ2v) is 4.10. The van der Waals surface area contributed by atoms with Crippen LogP contribution in [0.1, 0.15) is 33.6 Å². The molecule has 1 N–H and O–H groups in total. The largest absolute Gasteiger partial charge is 0.460 e. The third kappa shape index (κ3) is 7.13. The minimum Gasteiger partial charge on any atom is -0.460 e. The number of ether oxygens (including phenoxy) is 1. The molecule has 0 fully saturated rings. The van der Waals surface area contributed by atoms with Gasteiger partial charge < -0.3 is 14.7 Å². The Bertz CT molecular complexity index is 241. The molecule has 0 heterocycles. The quantitative estimate of drug-likeness (QED) is 0.493. The molecule has 17 heavy (non-hydrogen) atoms. The van der Waals surface area contributed by atoms with Crippen molar-refractivity contribution in [2.45, 2.75) is 39.7 Å². The van der Waals surface area contributed by atoms with Gasteiger partial charge in [-0.15, -0.1) is 0 Å². The summed E-state index contributed by atoms with van der Waals surface area (Å²) in [5.41, 5.74) is 0.443. The standard InChI is InChI=1S/C13H25NO3/c1-5-8-14(7-3)9-12(15)10-17-13(16)11(4)6-2/h12,15H,4-10H2,1-3H3. The molecule has 0 saturated heterocycles. The molecule has 0 radical (unpaired) electrons. The molecule has 4 nitrogen and oxygen atoms in total. The van der Waals surface area contributed by atoms with E-state index in [1.807, 2.05) is 13.8 Å². The molecule has 4 heteroatoms. The lowest BCUT2D eigenvalue weighted by atomic mass is 10.2. The van der Waals surface area contributed by atoms with Crippen LogP contribution in [0.25, 0.3) is 0 Å². The Kier molecular flexibility index (Phi) is 8.72. The van der Waals surface area contributed by atoms with E-state index in [0.29, 0.717) is 18.5 Å². The molecule has 0 spiro atoms. The topological polar surface area (TPSA) is 49.8 Å². The first-order chi connectivity index (χ1) is 8.04. The Morgan fingerprint density at radius 3 is 2.53 bits per heavy atom. The van der Waals surface area contributed by atoms with E-state index in [4.69, 9.17) is 4.74 Å². The number of carbonyl (C=O) groups is 1. The van der Waals surface area contributed by atoms with Crippen LogP contribution in [0.3, 0.4) is 0 Å². The maximum Gasteiger partial charge on any atom is 0.333 e. The fourth-order valence-electron chi connectivity index (χ4n) is 1.46. The van der Waals surface area contributed by atoms with Gasteiger partial charge in [-0.05, 0) is 25.9 Å². The van der Waals surface area contributed by atoms with Crippen molar-refractivity contribution >= 4 is 5.97 Å². The maximum atomic E-state index is 11.3. The Morgan fingerprint density at radius 1 is 1.41 bits per heavy atom. The number of aliphatic hydroxyl groups is 1. The van der Waals surface area contributed by atoms with Crippen molar-refractivity contribution in [3.63, 3.8) is 0 Å². The van der Waals surface area contributed by atoms with Gasteiger partial charge in [-0.25, -0.2) is 4.79 Å². The average Bonchev–Trinajstić information content (AvgIpc) is 2.34.